The van der Waals surface area contributed by atoms with Crippen LogP contribution in [-0.4, -0.2) is 19.1 Å². The number of amides is 1. The van der Waals surface area contributed by atoms with Gasteiger partial charge in [0, 0.05) is 19.2 Å². The molecule has 2 aromatic rings. The molecule has 5 heteroatoms. The zero-order valence-electron chi connectivity index (χ0n) is 13.3. The number of nitrogens with two attached hydrogens (primary N) is 1. The molecule has 0 aliphatic rings. The predicted octanol–water partition coefficient (Wildman–Crippen LogP) is 2.79. The second kappa shape index (κ2) is 7.85. The molecule has 0 aromatic heterocycles. The summed E-state index contributed by atoms with van der Waals surface area (Å²) in [6.07, 6.45) is -0.358. The SMILES string of the molecule is COC(c1ccc(F)cc1)C(C)NC(=O)c1ccc(CN)cc1. The molecule has 2 atom stereocenters. The molecule has 23 heavy (non-hydrogen) atoms. The van der Waals surface area contributed by atoms with Crippen molar-refractivity contribution < 1.29 is 13.9 Å². The summed E-state index contributed by atoms with van der Waals surface area (Å²) in [7, 11) is 1.56. The van der Waals surface area contributed by atoms with Crippen LogP contribution in [0.5, 0.6) is 0 Å². The Labute approximate surface area is 135 Å². The number of nitrogens with one attached hydrogen (secondary N) is 1. The molecular weight excluding hydrogens is 295 g/mol. The third-order valence-corrected chi connectivity index (χ3v) is 3.72. The summed E-state index contributed by atoms with van der Waals surface area (Å²) < 4.78 is 18.5. The monoisotopic (exact) mass is 316 g/mol. The van der Waals surface area contributed by atoms with Gasteiger partial charge in [0.15, 0.2) is 0 Å². The first kappa shape index (κ1) is 17.1. The number of hydrogen-bond donors (Lipinski definition) is 2. The largest absolute Gasteiger partial charge is 0.375 e. The van der Waals surface area contributed by atoms with Crippen LogP contribution in [0.25, 0.3) is 0 Å². The minimum Gasteiger partial charge on any atom is -0.375 e. The van der Waals surface area contributed by atoms with E-state index in [0.717, 1.165) is 11.1 Å². The number of ether oxygens (including phenoxy) is 1. The fraction of sp³-hybridized carbons (Fsp3) is 0.278. The zero-order chi connectivity index (χ0) is 16.8. The average molecular weight is 316 g/mol. The fourth-order valence-corrected chi connectivity index (χ4v) is 2.44. The Morgan fingerprint density at radius 1 is 1.17 bits per heavy atom. The van der Waals surface area contributed by atoms with Crippen LogP contribution in [0, 0.1) is 5.82 Å². The molecule has 0 aliphatic heterocycles. The molecule has 0 heterocycles. The Hall–Kier alpha value is -2.24. The second-order valence-electron chi connectivity index (χ2n) is 5.37. The molecule has 0 aliphatic carbocycles. The lowest BCUT2D eigenvalue weighted by Crippen LogP contribution is -2.37. The molecule has 2 unspecified atom stereocenters. The van der Waals surface area contributed by atoms with Crippen LogP contribution >= 0.6 is 0 Å². The van der Waals surface area contributed by atoms with Gasteiger partial charge in [-0.1, -0.05) is 24.3 Å². The van der Waals surface area contributed by atoms with Crippen molar-refractivity contribution in [3.05, 3.63) is 71.0 Å². The summed E-state index contributed by atoms with van der Waals surface area (Å²) in [6, 6.07) is 12.9. The molecular formula is C18H21FN2O2. The van der Waals surface area contributed by atoms with Crippen LogP contribution in [0.1, 0.15) is 34.5 Å². The molecule has 2 aromatic carbocycles. The molecule has 0 radical (unpaired) electrons. The Morgan fingerprint density at radius 2 is 1.78 bits per heavy atom. The summed E-state index contributed by atoms with van der Waals surface area (Å²) in [5.41, 5.74) is 7.88. The molecule has 0 spiro atoms. The molecule has 1 amide bonds. The van der Waals surface area contributed by atoms with Crippen LogP contribution in [-0.2, 0) is 11.3 Å². The summed E-state index contributed by atoms with van der Waals surface area (Å²) in [4.78, 5) is 12.3. The van der Waals surface area contributed by atoms with E-state index in [4.69, 9.17) is 10.5 Å². The smallest absolute Gasteiger partial charge is 0.251 e. The average Bonchev–Trinajstić information content (AvgIpc) is 2.57. The van der Waals surface area contributed by atoms with E-state index in [9.17, 15) is 9.18 Å². The first-order valence-electron chi connectivity index (χ1n) is 7.43. The van der Waals surface area contributed by atoms with E-state index in [0.29, 0.717) is 12.1 Å². The normalized spacial score (nSPS) is 13.4. The highest BCUT2D eigenvalue weighted by atomic mass is 19.1. The third kappa shape index (κ3) is 4.37. The Bertz CT molecular complexity index is 641. The lowest BCUT2D eigenvalue weighted by molar-refractivity contribution is 0.0644. The van der Waals surface area contributed by atoms with Gasteiger partial charge in [-0.3, -0.25) is 4.79 Å². The van der Waals surface area contributed by atoms with Gasteiger partial charge in [-0.05, 0) is 42.3 Å². The highest BCUT2D eigenvalue weighted by Crippen LogP contribution is 2.21. The van der Waals surface area contributed by atoms with Crippen molar-refractivity contribution >= 4 is 5.91 Å². The number of rotatable bonds is 6. The molecule has 0 fully saturated rings. The predicted molar refractivity (Wildman–Crippen MR) is 87.4 cm³/mol. The standard InChI is InChI=1S/C18H21FN2O2/c1-12(17(23-2)14-7-9-16(19)10-8-14)21-18(22)15-5-3-13(11-20)4-6-15/h3-10,12,17H,11,20H2,1-2H3,(H,21,22). The highest BCUT2D eigenvalue weighted by molar-refractivity contribution is 5.94. The van der Waals surface area contributed by atoms with Crippen molar-refractivity contribution in [3.63, 3.8) is 0 Å². The molecule has 0 saturated heterocycles. The van der Waals surface area contributed by atoms with Gasteiger partial charge in [0.1, 0.15) is 11.9 Å². The third-order valence-electron chi connectivity index (χ3n) is 3.72. The van der Waals surface area contributed by atoms with Crippen LogP contribution in [0.2, 0.25) is 0 Å². The number of carbonyl (C=O) groups excluding carboxylic acids is 1. The Balaban J connectivity index is 2.07. The van der Waals surface area contributed by atoms with Crippen molar-refractivity contribution in [2.75, 3.05) is 7.11 Å². The van der Waals surface area contributed by atoms with Crippen molar-refractivity contribution in [1.29, 1.82) is 0 Å². The van der Waals surface area contributed by atoms with E-state index in [1.807, 2.05) is 19.1 Å². The summed E-state index contributed by atoms with van der Waals surface area (Å²) in [5.74, 6) is -0.495. The zero-order valence-corrected chi connectivity index (χ0v) is 13.3. The maximum Gasteiger partial charge on any atom is 0.251 e. The quantitative estimate of drug-likeness (QED) is 0.861. The minimum absolute atomic E-state index is 0.190. The first-order valence-corrected chi connectivity index (χ1v) is 7.43. The molecule has 3 N–H and O–H groups in total. The summed E-state index contributed by atoms with van der Waals surface area (Å²) >= 11 is 0. The van der Waals surface area contributed by atoms with E-state index in [1.54, 1.807) is 31.4 Å². The number of hydrogen-bond acceptors (Lipinski definition) is 3. The van der Waals surface area contributed by atoms with Gasteiger partial charge >= 0.3 is 0 Å². The van der Waals surface area contributed by atoms with Gasteiger partial charge in [0.05, 0.1) is 6.04 Å². The van der Waals surface area contributed by atoms with Crippen LogP contribution in [0.4, 0.5) is 4.39 Å². The lowest BCUT2D eigenvalue weighted by atomic mass is 10.0. The van der Waals surface area contributed by atoms with Gasteiger partial charge in [0.25, 0.3) is 5.91 Å². The number of carbonyl (C=O) groups is 1. The van der Waals surface area contributed by atoms with E-state index in [2.05, 4.69) is 5.32 Å². The van der Waals surface area contributed by atoms with Crippen LogP contribution < -0.4 is 11.1 Å². The molecule has 0 bridgehead atoms. The highest BCUT2D eigenvalue weighted by Gasteiger charge is 2.21. The van der Waals surface area contributed by atoms with Gasteiger partial charge < -0.3 is 15.8 Å². The molecule has 2 rings (SSSR count). The lowest BCUT2D eigenvalue weighted by Gasteiger charge is -2.24. The molecule has 0 saturated carbocycles. The fourth-order valence-electron chi connectivity index (χ4n) is 2.44. The van der Waals surface area contributed by atoms with Crippen LogP contribution in [0.3, 0.4) is 0 Å². The van der Waals surface area contributed by atoms with E-state index < -0.39 is 0 Å². The topological polar surface area (TPSA) is 64.3 Å². The Kier molecular flexibility index (Phi) is 5.84. The second-order valence-corrected chi connectivity index (χ2v) is 5.37. The molecule has 4 nitrogen and oxygen atoms in total. The number of halogens is 1. The van der Waals surface area contributed by atoms with Gasteiger partial charge in [-0.25, -0.2) is 4.39 Å². The maximum absolute atomic E-state index is 13.0. The first-order chi connectivity index (χ1) is 11.0. The van der Waals surface area contributed by atoms with Crippen molar-refractivity contribution in [2.45, 2.75) is 25.6 Å². The maximum atomic E-state index is 13.0. The summed E-state index contributed by atoms with van der Waals surface area (Å²) in [6.45, 7) is 2.29. The number of benzene rings is 2. The van der Waals surface area contributed by atoms with Crippen LogP contribution in [0.15, 0.2) is 48.5 Å². The van der Waals surface area contributed by atoms with E-state index in [-0.39, 0.29) is 23.9 Å². The molecule has 122 valence electrons. The van der Waals surface area contributed by atoms with Crippen molar-refractivity contribution in [3.8, 4) is 0 Å². The number of methoxy groups -OCH3 is 1. The minimum atomic E-state index is -0.358. The van der Waals surface area contributed by atoms with Gasteiger partial charge in [0.2, 0.25) is 0 Å². The van der Waals surface area contributed by atoms with Crippen molar-refractivity contribution in [1.82, 2.24) is 5.32 Å². The van der Waals surface area contributed by atoms with Crippen molar-refractivity contribution in [2.24, 2.45) is 5.73 Å². The summed E-state index contributed by atoms with van der Waals surface area (Å²) in [5, 5.41) is 2.91. The van der Waals surface area contributed by atoms with Gasteiger partial charge in [-0.15, -0.1) is 0 Å². The van der Waals surface area contributed by atoms with Gasteiger partial charge in [-0.2, -0.15) is 0 Å². The van der Waals surface area contributed by atoms with E-state index in [1.165, 1.54) is 12.1 Å². The Morgan fingerprint density at radius 3 is 2.30 bits per heavy atom. The van der Waals surface area contributed by atoms with E-state index >= 15 is 0 Å².